The number of carbonyl (C=O) groups is 1. The fourth-order valence-corrected chi connectivity index (χ4v) is 2.43. The predicted molar refractivity (Wildman–Crippen MR) is 76.4 cm³/mol. The van der Waals surface area contributed by atoms with Crippen molar-refractivity contribution < 1.29 is 27.1 Å². The van der Waals surface area contributed by atoms with E-state index in [0.29, 0.717) is 11.5 Å². The van der Waals surface area contributed by atoms with Gasteiger partial charge in [-0.2, -0.15) is 18.3 Å². The van der Waals surface area contributed by atoms with Crippen LogP contribution in [-0.4, -0.2) is 27.8 Å². The van der Waals surface area contributed by atoms with Crippen LogP contribution in [0.2, 0.25) is 0 Å². The molecule has 3 aromatic rings. The zero-order valence-corrected chi connectivity index (χ0v) is 12.7. The van der Waals surface area contributed by atoms with E-state index < -0.39 is 17.8 Å². The third-order valence-corrected chi connectivity index (χ3v) is 3.50. The van der Waals surface area contributed by atoms with Crippen molar-refractivity contribution in [2.45, 2.75) is 19.6 Å². The molecular weight excluding hydrogens is 327 g/mol. The number of esters is 1. The summed E-state index contributed by atoms with van der Waals surface area (Å²) in [6, 6.07) is 2.87. The molecule has 0 aliphatic carbocycles. The number of halogens is 3. The third-order valence-electron chi connectivity index (χ3n) is 3.50. The molecule has 3 aromatic heterocycles. The second-order valence-electron chi connectivity index (χ2n) is 5.07. The molecule has 9 heteroatoms. The third kappa shape index (κ3) is 2.72. The van der Waals surface area contributed by atoms with E-state index in [1.54, 1.807) is 6.92 Å². The number of ether oxygens (including phenoxy) is 1. The van der Waals surface area contributed by atoms with Crippen LogP contribution in [0.5, 0.6) is 0 Å². The first-order valence-corrected chi connectivity index (χ1v) is 6.86. The van der Waals surface area contributed by atoms with Crippen LogP contribution < -0.4 is 0 Å². The van der Waals surface area contributed by atoms with Crippen LogP contribution >= 0.6 is 0 Å². The molecule has 0 radical (unpaired) electrons. The number of nitrogens with zero attached hydrogens (tertiary/aromatic N) is 3. The summed E-state index contributed by atoms with van der Waals surface area (Å²) < 4.78 is 50.5. The Hall–Kier alpha value is -2.84. The Kier molecular flexibility index (Phi) is 3.78. The maximum Gasteiger partial charge on any atom is 0.435 e. The normalized spacial score (nSPS) is 11.9. The lowest BCUT2D eigenvalue weighted by Gasteiger charge is -2.01. The molecule has 0 atom stereocenters. The highest BCUT2D eigenvalue weighted by atomic mass is 19.4. The molecule has 0 aliphatic heterocycles. The van der Waals surface area contributed by atoms with Crippen LogP contribution in [0, 0.1) is 6.92 Å². The zero-order valence-electron chi connectivity index (χ0n) is 12.7. The Bertz CT molecular complexity index is 912. The second kappa shape index (κ2) is 5.66. The fourth-order valence-electron chi connectivity index (χ4n) is 2.43. The lowest BCUT2D eigenvalue weighted by molar-refractivity contribution is -0.140. The van der Waals surface area contributed by atoms with E-state index in [1.165, 1.54) is 30.1 Å². The summed E-state index contributed by atoms with van der Waals surface area (Å²) in [5.41, 5.74) is -0.519. The first-order valence-electron chi connectivity index (χ1n) is 6.86. The van der Waals surface area contributed by atoms with Gasteiger partial charge in [0.05, 0.1) is 24.6 Å². The maximum atomic E-state index is 13.1. The predicted octanol–water partition coefficient (Wildman–Crippen LogP) is 3.19. The molecule has 3 heterocycles. The molecule has 3 rings (SSSR count). The fraction of sp³-hybridized carbons (Fsp3) is 0.267. The van der Waals surface area contributed by atoms with Crippen molar-refractivity contribution in [3.05, 3.63) is 47.3 Å². The Balaban J connectivity index is 2.04. The van der Waals surface area contributed by atoms with Crippen molar-refractivity contribution in [3.63, 3.8) is 0 Å². The minimum Gasteiger partial charge on any atom is -0.465 e. The van der Waals surface area contributed by atoms with Crippen LogP contribution in [0.4, 0.5) is 13.2 Å². The van der Waals surface area contributed by atoms with E-state index in [4.69, 9.17) is 4.42 Å². The van der Waals surface area contributed by atoms with Crippen molar-refractivity contribution in [1.29, 1.82) is 0 Å². The van der Waals surface area contributed by atoms with Gasteiger partial charge in [0.2, 0.25) is 0 Å². The average Bonchev–Trinajstić information content (AvgIpc) is 3.08. The number of aromatic nitrogens is 3. The Morgan fingerprint density at radius 2 is 2.17 bits per heavy atom. The molecule has 0 N–H and O–H groups in total. The van der Waals surface area contributed by atoms with Crippen molar-refractivity contribution in [2.24, 2.45) is 0 Å². The van der Waals surface area contributed by atoms with Gasteiger partial charge < -0.3 is 9.15 Å². The second-order valence-corrected chi connectivity index (χ2v) is 5.07. The molecule has 0 saturated carbocycles. The first-order chi connectivity index (χ1) is 11.3. The standard InChI is InChI=1S/C15H12F3N3O3/c1-8-10(14(22)23-2)5-9(24-8)7-21-12-3-4-19-6-11(12)13(20-21)15(16,17)18/h3-6H,7H2,1-2H3. The number of rotatable bonds is 3. The molecule has 0 saturated heterocycles. The number of hydrogen-bond donors (Lipinski definition) is 0. The van der Waals surface area contributed by atoms with Gasteiger partial charge in [0.15, 0.2) is 5.69 Å². The monoisotopic (exact) mass is 339 g/mol. The van der Waals surface area contributed by atoms with E-state index in [2.05, 4.69) is 14.8 Å². The molecule has 0 fully saturated rings. The lowest BCUT2D eigenvalue weighted by Crippen LogP contribution is -2.08. The molecule has 0 bridgehead atoms. The number of alkyl halides is 3. The minimum atomic E-state index is -4.59. The van der Waals surface area contributed by atoms with Gasteiger partial charge in [-0.05, 0) is 19.1 Å². The number of pyridine rings is 1. The Labute approximate surface area is 133 Å². The number of fused-ring (bicyclic) bond motifs is 1. The summed E-state index contributed by atoms with van der Waals surface area (Å²) >= 11 is 0. The molecule has 0 unspecified atom stereocenters. The van der Waals surface area contributed by atoms with Crippen molar-refractivity contribution in [2.75, 3.05) is 7.11 Å². The SMILES string of the molecule is COC(=O)c1cc(Cn2nc(C(F)(F)F)c3cnccc32)oc1C. The van der Waals surface area contributed by atoms with Gasteiger partial charge in [0.1, 0.15) is 17.1 Å². The average molecular weight is 339 g/mol. The summed E-state index contributed by atoms with van der Waals surface area (Å²) in [5, 5.41) is 3.54. The summed E-state index contributed by atoms with van der Waals surface area (Å²) in [4.78, 5) is 15.3. The van der Waals surface area contributed by atoms with Gasteiger partial charge in [-0.3, -0.25) is 9.67 Å². The summed E-state index contributed by atoms with van der Waals surface area (Å²) in [6.07, 6.45) is -2.09. The number of furan rings is 1. The van der Waals surface area contributed by atoms with E-state index >= 15 is 0 Å². The van der Waals surface area contributed by atoms with Gasteiger partial charge in [-0.1, -0.05) is 0 Å². The summed E-state index contributed by atoms with van der Waals surface area (Å²) in [7, 11) is 1.23. The smallest absolute Gasteiger partial charge is 0.435 e. The highest BCUT2D eigenvalue weighted by molar-refractivity contribution is 5.90. The first kappa shape index (κ1) is 16.0. The molecular formula is C15H12F3N3O3. The van der Waals surface area contributed by atoms with Crippen LogP contribution in [0.15, 0.2) is 28.9 Å². The van der Waals surface area contributed by atoms with Crippen molar-refractivity contribution >= 4 is 16.9 Å². The zero-order chi connectivity index (χ0) is 17.5. The van der Waals surface area contributed by atoms with Crippen LogP contribution in [-0.2, 0) is 17.5 Å². The molecule has 0 amide bonds. The molecule has 0 spiro atoms. The topological polar surface area (TPSA) is 70.2 Å². The van der Waals surface area contributed by atoms with Gasteiger partial charge >= 0.3 is 12.1 Å². The van der Waals surface area contributed by atoms with E-state index in [1.807, 2.05) is 0 Å². The number of carbonyl (C=O) groups excluding carboxylic acids is 1. The highest BCUT2D eigenvalue weighted by Gasteiger charge is 2.37. The highest BCUT2D eigenvalue weighted by Crippen LogP contribution is 2.33. The van der Waals surface area contributed by atoms with E-state index in [9.17, 15) is 18.0 Å². The number of hydrogen-bond acceptors (Lipinski definition) is 5. The summed E-state index contributed by atoms with van der Waals surface area (Å²) in [5.74, 6) is 0.0434. The Morgan fingerprint density at radius 3 is 2.83 bits per heavy atom. The van der Waals surface area contributed by atoms with Gasteiger partial charge in [-0.15, -0.1) is 0 Å². The number of aryl methyl sites for hydroxylation is 1. The van der Waals surface area contributed by atoms with E-state index in [0.717, 1.165) is 6.20 Å². The molecule has 126 valence electrons. The van der Waals surface area contributed by atoms with Gasteiger partial charge in [0, 0.05) is 12.4 Å². The molecule has 0 aromatic carbocycles. The van der Waals surface area contributed by atoms with Crippen LogP contribution in [0.25, 0.3) is 10.9 Å². The minimum absolute atomic E-state index is 0.0611. The van der Waals surface area contributed by atoms with Crippen molar-refractivity contribution in [1.82, 2.24) is 14.8 Å². The van der Waals surface area contributed by atoms with Gasteiger partial charge in [-0.25, -0.2) is 4.79 Å². The number of methoxy groups -OCH3 is 1. The van der Waals surface area contributed by atoms with Crippen molar-refractivity contribution in [3.8, 4) is 0 Å². The lowest BCUT2D eigenvalue weighted by atomic mass is 10.2. The molecule has 24 heavy (non-hydrogen) atoms. The summed E-state index contributed by atoms with van der Waals surface area (Å²) in [6.45, 7) is 1.51. The quantitative estimate of drug-likeness (QED) is 0.686. The molecule has 0 aliphatic rings. The van der Waals surface area contributed by atoms with Crippen LogP contribution in [0.3, 0.4) is 0 Å². The van der Waals surface area contributed by atoms with Gasteiger partial charge in [0.25, 0.3) is 0 Å². The van der Waals surface area contributed by atoms with Crippen LogP contribution in [0.1, 0.15) is 27.6 Å². The largest absolute Gasteiger partial charge is 0.465 e. The molecule has 6 nitrogen and oxygen atoms in total. The Morgan fingerprint density at radius 1 is 1.42 bits per heavy atom. The maximum absolute atomic E-state index is 13.1. The van der Waals surface area contributed by atoms with E-state index in [-0.39, 0.29) is 23.0 Å².